The molecule has 0 bridgehead atoms. The van der Waals surface area contributed by atoms with Crippen LogP contribution in [0.2, 0.25) is 5.02 Å². The van der Waals surface area contributed by atoms with E-state index in [1.807, 2.05) is 18.0 Å². The van der Waals surface area contributed by atoms with Gasteiger partial charge in [-0.25, -0.2) is 0 Å². The van der Waals surface area contributed by atoms with Crippen molar-refractivity contribution in [1.82, 2.24) is 0 Å². The van der Waals surface area contributed by atoms with Crippen molar-refractivity contribution in [2.75, 3.05) is 23.8 Å². The first-order chi connectivity index (χ1) is 9.04. The van der Waals surface area contributed by atoms with Gasteiger partial charge in [-0.15, -0.1) is 6.58 Å². The summed E-state index contributed by atoms with van der Waals surface area (Å²) in [6.07, 6.45) is 3.78. The van der Waals surface area contributed by atoms with E-state index in [4.69, 9.17) is 11.6 Å². The maximum atomic E-state index is 11.5. The number of carbonyl (C=O) groups is 2. The molecule has 0 aromatic heterocycles. The van der Waals surface area contributed by atoms with Crippen LogP contribution in [0.25, 0.3) is 0 Å². The van der Waals surface area contributed by atoms with E-state index >= 15 is 0 Å². The van der Waals surface area contributed by atoms with Crippen molar-refractivity contribution in [3.05, 3.63) is 35.4 Å². The summed E-state index contributed by atoms with van der Waals surface area (Å²) in [6, 6.07) is 3.30. The van der Waals surface area contributed by atoms with Crippen LogP contribution in [-0.2, 0) is 4.79 Å². The van der Waals surface area contributed by atoms with Crippen molar-refractivity contribution in [2.24, 2.45) is 0 Å². The van der Waals surface area contributed by atoms with Crippen molar-refractivity contribution >= 4 is 34.7 Å². The van der Waals surface area contributed by atoms with Gasteiger partial charge in [-0.1, -0.05) is 17.7 Å². The minimum Gasteiger partial charge on any atom is -0.373 e. The maximum Gasteiger partial charge on any atom is 0.296 e. The molecule has 0 fully saturated rings. The zero-order chi connectivity index (χ0) is 14.0. The highest BCUT2D eigenvalue weighted by Gasteiger charge is 2.29. The summed E-state index contributed by atoms with van der Waals surface area (Å²) in [5.74, 6) is -1.13. The number of halogens is 1. The zero-order valence-corrected chi connectivity index (χ0v) is 11.5. The molecule has 0 saturated heterocycles. The molecule has 4 nitrogen and oxygen atoms in total. The van der Waals surface area contributed by atoms with E-state index in [1.54, 1.807) is 12.1 Å². The van der Waals surface area contributed by atoms with E-state index in [0.717, 1.165) is 25.1 Å². The lowest BCUT2D eigenvalue weighted by atomic mass is 10.1. The third-order valence-electron chi connectivity index (χ3n) is 3.10. The van der Waals surface area contributed by atoms with Crippen molar-refractivity contribution < 1.29 is 9.59 Å². The molecule has 2 rings (SSSR count). The molecule has 0 saturated carbocycles. The van der Waals surface area contributed by atoms with Crippen LogP contribution in [0, 0.1) is 0 Å². The van der Waals surface area contributed by atoms with Crippen molar-refractivity contribution in [2.45, 2.75) is 12.8 Å². The predicted octanol–water partition coefficient (Wildman–Crippen LogP) is 2.88. The molecule has 0 atom stereocenters. The Balaban J connectivity index is 2.24. The Morgan fingerprint density at radius 2 is 2.16 bits per heavy atom. The summed E-state index contributed by atoms with van der Waals surface area (Å²) in [5.41, 5.74) is 1.68. The SMILES string of the molecule is C=CCCCN(C)c1cc2c(cc1Cl)C(=O)C(=O)N2. The molecule has 1 heterocycles. The quantitative estimate of drug-likeness (QED) is 0.512. The first-order valence-electron chi connectivity index (χ1n) is 6.06. The van der Waals surface area contributed by atoms with Gasteiger partial charge in [0, 0.05) is 13.6 Å². The van der Waals surface area contributed by atoms with E-state index in [-0.39, 0.29) is 0 Å². The molecule has 1 aliphatic rings. The van der Waals surface area contributed by atoms with Gasteiger partial charge in [-0.3, -0.25) is 9.59 Å². The van der Waals surface area contributed by atoms with Crippen molar-refractivity contribution in [3.63, 3.8) is 0 Å². The van der Waals surface area contributed by atoms with Gasteiger partial charge in [0.05, 0.1) is 22.0 Å². The number of rotatable bonds is 5. The number of amides is 1. The number of Topliss-reactive ketones (excluding diaryl/α,β-unsaturated/α-hetero) is 1. The minimum atomic E-state index is -0.600. The zero-order valence-electron chi connectivity index (χ0n) is 10.7. The summed E-state index contributed by atoms with van der Waals surface area (Å²) >= 11 is 6.18. The molecule has 1 aliphatic heterocycles. The summed E-state index contributed by atoms with van der Waals surface area (Å²) in [4.78, 5) is 24.9. The number of unbranched alkanes of at least 4 members (excludes halogenated alkanes) is 1. The molecule has 1 amide bonds. The van der Waals surface area contributed by atoms with Crippen LogP contribution in [0.1, 0.15) is 23.2 Å². The number of benzene rings is 1. The van der Waals surface area contributed by atoms with Crippen LogP contribution in [0.5, 0.6) is 0 Å². The number of carbonyl (C=O) groups excluding carboxylic acids is 2. The fourth-order valence-electron chi connectivity index (χ4n) is 2.04. The van der Waals surface area contributed by atoms with E-state index in [0.29, 0.717) is 16.3 Å². The molecule has 0 spiro atoms. The number of fused-ring (bicyclic) bond motifs is 1. The van der Waals surface area contributed by atoms with Crippen LogP contribution < -0.4 is 10.2 Å². The molecule has 0 unspecified atom stereocenters. The number of anilines is 2. The van der Waals surface area contributed by atoms with Gasteiger partial charge in [0.25, 0.3) is 11.7 Å². The smallest absolute Gasteiger partial charge is 0.296 e. The summed E-state index contributed by atoms with van der Waals surface area (Å²) in [5, 5.41) is 3.02. The Morgan fingerprint density at radius 1 is 1.42 bits per heavy atom. The standard InChI is InChI=1S/C14H15ClN2O2/c1-3-4-5-6-17(2)12-8-11-9(7-10(12)15)13(18)14(19)16-11/h3,7-8H,1,4-6H2,2H3,(H,16,18,19). The molecule has 1 N–H and O–H groups in total. The Bertz CT molecular complexity index is 555. The van der Waals surface area contributed by atoms with Crippen LogP contribution in [0.4, 0.5) is 11.4 Å². The molecule has 1 aromatic carbocycles. The average molecular weight is 279 g/mol. The Labute approximate surface area is 117 Å². The lowest BCUT2D eigenvalue weighted by molar-refractivity contribution is -0.112. The Morgan fingerprint density at radius 3 is 2.84 bits per heavy atom. The molecule has 19 heavy (non-hydrogen) atoms. The fourth-order valence-corrected chi connectivity index (χ4v) is 2.35. The topological polar surface area (TPSA) is 49.4 Å². The first kappa shape index (κ1) is 13.6. The van der Waals surface area contributed by atoms with Gasteiger partial charge in [0.15, 0.2) is 0 Å². The predicted molar refractivity (Wildman–Crippen MR) is 77.1 cm³/mol. The van der Waals surface area contributed by atoms with E-state index < -0.39 is 11.7 Å². The van der Waals surface area contributed by atoms with Crippen molar-refractivity contribution in [3.8, 4) is 0 Å². The normalized spacial score (nSPS) is 13.2. The van der Waals surface area contributed by atoms with Gasteiger partial charge < -0.3 is 10.2 Å². The Hall–Kier alpha value is -1.81. The monoisotopic (exact) mass is 278 g/mol. The van der Waals surface area contributed by atoms with Gasteiger partial charge in [0.1, 0.15) is 0 Å². The molecular formula is C14H15ClN2O2. The largest absolute Gasteiger partial charge is 0.373 e. The number of allylic oxidation sites excluding steroid dienone is 1. The molecule has 100 valence electrons. The summed E-state index contributed by atoms with van der Waals surface area (Å²) in [6.45, 7) is 4.51. The van der Waals surface area contributed by atoms with Crippen LogP contribution in [0.15, 0.2) is 24.8 Å². The maximum absolute atomic E-state index is 11.5. The number of hydrogen-bond donors (Lipinski definition) is 1. The van der Waals surface area contributed by atoms with Crippen LogP contribution >= 0.6 is 11.6 Å². The van der Waals surface area contributed by atoms with Crippen LogP contribution in [-0.4, -0.2) is 25.3 Å². The lowest BCUT2D eigenvalue weighted by Gasteiger charge is -2.21. The van der Waals surface area contributed by atoms with Gasteiger partial charge >= 0.3 is 0 Å². The second kappa shape index (κ2) is 5.45. The molecule has 0 radical (unpaired) electrons. The average Bonchev–Trinajstić information content (AvgIpc) is 2.65. The molecule has 0 aliphatic carbocycles. The van der Waals surface area contributed by atoms with Gasteiger partial charge in [-0.05, 0) is 25.0 Å². The van der Waals surface area contributed by atoms with Crippen LogP contribution in [0.3, 0.4) is 0 Å². The first-order valence-corrected chi connectivity index (χ1v) is 6.43. The van der Waals surface area contributed by atoms with Gasteiger partial charge in [0.2, 0.25) is 0 Å². The van der Waals surface area contributed by atoms with E-state index in [1.165, 1.54) is 0 Å². The third kappa shape index (κ3) is 2.63. The molecule has 5 heteroatoms. The highest BCUT2D eigenvalue weighted by molar-refractivity contribution is 6.52. The molecular weight excluding hydrogens is 264 g/mol. The number of nitrogens with zero attached hydrogens (tertiary/aromatic N) is 1. The second-order valence-electron chi connectivity index (χ2n) is 4.48. The van der Waals surface area contributed by atoms with Crippen molar-refractivity contribution in [1.29, 1.82) is 0 Å². The van der Waals surface area contributed by atoms with E-state index in [2.05, 4.69) is 11.9 Å². The minimum absolute atomic E-state index is 0.346. The molecule has 1 aromatic rings. The van der Waals surface area contributed by atoms with Gasteiger partial charge in [-0.2, -0.15) is 0 Å². The lowest BCUT2D eigenvalue weighted by Crippen LogP contribution is -2.18. The number of ketones is 1. The van der Waals surface area contributed by atoms with E-state index in [9.17, 15) is 9.59 Å². The summed E-state index contributed by atoms with van der Waals surface area (Å²) < 4.78 is 0. The number of hydrogen-bond acceptors (Lipinski definition) is 3. The Kier molecular flexibility index (Phi) is 3.90. The highest BCUT2D eigenvalue weighted by atomic mass is 35.5. The number of nitrogens with one attached hydrogen (secondary N) is 1. The highest BCUT2D eigenvalue weighted by Crippen LogP contribution is 2.34. The second-order valence-corrected chi connectivity index (χ2v) is 4.89. The fraction of sp³-hybridized carbons (Fsp3) is 0.286. The third-order valence-corrected chi connectivity index (χ3v) is 3.40. The summed E-state index contributed by atoms with van der Waals surface area (Å²) in [7, 11) is 1.93.